The third-order valence-corrected chi connectivity index (χ3v) is 2.33. The molecule has 0 radical (unpaired) electrons. The molecule has 1 rings (SSSR count). The minimum Gasteiger partial charge on any atom is -0.352 e. The van der Waals surface area contributed by atoms with Crippen LogP contribution in [0.1, 0.15) is 31.1 Å². The van der Waals surface area contributed by atoms with Crippen LogP contribution in [0, 0.1) is 11.2 Å². The minimum absolute atomic E-state index is 0.0273. The zero-order valence-electron chi connectivity index (χ0n) is 9.67. The van der Waals surface area contributed by atoms with Gasteiger partial charge in [-0.3, -0.25) is 4.79 Å². The Morgan fingerprint density at radius 1 is 1.44 bits per heavy atom. The first kappa shape index (κ1) is 13.0. The van der Waals surface area contributed by atoms with E-state index >= 15 is 0 Å². The molecule has 1 aromatic rings. The van der Waals surface area contributed by atoms with Crippen LogP contribution in [0.5, 0.6) is 0 Å². The fourth-order valence-corrected chi connectivity index (χ4v) is 1.32. The van der Waals surface area contributed by atoms with Crippen LogP contribution < -0.4 is 5.32 Å². The second kappa shape index (κ2) is 4.87. The highest BCUT2D eigenvalue weighted by Crippen LogP contribution is 2.15. The molecule has 0 aliphatic carbocycles. The highest BCUT2D eigenvalue weighted by atomic mass is 32.1. The molecular formula is C12H16FNOS. The summed E-state index contributed by atoms with van der Waals surface area (Å²) in [5.74, 6) is -0.624. The lowest BCUT2D eigenvalue weighted by Gasteiger charge is -2.18. The lowest BCUT2D eigenvalue weighted by molar-refractivity contribution is 0.0939. The fraction of sp³-hybridized carbons (Fsp3) is 0.417. The van der Waals surface area contributed by atoms with E-state index in [2.05, 4.69) is 17.9 Å². The molecular weight excluding hydrogens is 225 g/mol. The molecule has 0 saturated heterocycles. The van der Waals surface area contributed by atoms with Gasteiger partial charge < -0.3 is 5.32 Å². The van der Waals surface area contributed by atoms with Crippen LogP contribution in [-0.4, -0.2) is 12.5 Å². The van der Waals surface area contributed by atoms with Gasteiger partial charge in [0.2, 0.25) is 0 Å². The average molecular weight is 241 g/mol. The maximum atomic E-state index is 12.9. The van der Waals surface area contributed by atoms with Gasteiger partial charge in [0.05, 0.1) is 0 Å². The molecule has 0 unspecified atom stereocenters. The van der Waals surface area contributed by atoms with E-state index in [-0.39, 0.29) is 16.2 Å². The Kier molecular flexibility index (Phi) is 3.97. The molecule has 0 aliphatic heterocycles. The second-order valence-corrected chi connectivity index (χ2v) is 5.39. The van der Waals surface area contributed by atoms with Gasteiger partial charge in [0.15, 0.2) is 0 Å². The predicted octanol–water partition coefficient (Wildman–Crippen LogP) is 2.89. The summed E-state index contributed by atoms with van der Waals surface area (Å²) in [6.45, 7) is 6.66. The molecule has 0 heterocycles. The van der Waals surface area contributed by atoms with Crippen molar-refractivity contribution in [3.8, 4) is 0 Å². The van der Waals surface area contributed by atoms with Crippen molar-refractivity contribution in [2.45, 2.75) is 25.7 Å². The molecule has 0 fully saturated rings. The topological polar surface area (TPSA) is 29.1 Å². The Hall–Kier alpha value is -1.03. The highest BCUT2D eigenvalue weighted by molar-refractivity contribution is 7.80. The summed E-state index contributed by atoms with van der Waals surface area (Å²) in [5, 5.41) is 2.79. The second-order valence-electron chi connectivity index (χ2n) is 4.91. The minimum atomic E-state index is -0.421. The van der Waals surface area contributed by atoms with Crippen molar-refractivity contribution < 1.29 is 9.18 Å². The third-order valence-electron chi connectivity index (χ3n) is 1.99. The number of hydrogen-bond donors (Lipinski definition) is 2. The Morgan fingerprint density at radius 2 is 2.06 bits per heavy atom. The van der Waals surface area contributed by atoms with Gasteiger partial charge in [-0.2, -0.15) is 0 Å². The van der Waals surface area contributed by atoms with E-state index in [1.807, 2.05) is 20.8 Å². The molecule has 1 N–H and O–H groups in total. The number of amides is 1. The number of nitrogens with one attached hydrogen (secondary N) is 1. The number of carbonyl (C=O) groups is 1. The lowest BCUT2D eigenvalue weighted by atomic mass is 9.97. The normalized spacial score (nSPS) is 11.3. The van der Waals surface area contributed by atoms with E-state index in [1.165, 1.54) is 18.2 Å². The molecule has 0 aliphatic rings. The number of thiol groups is 1. The fourth-order valence-electron chi connectivity index (χ4n) is 1.10. The zero-order valence-corrected chi connectivity index (χ0v) is 10.6. The monoisotopic (exact) mass is 241 g/mol. The number of hydrogen-bond acceptors (Lipinski definition) is 2. The Labute approximate surface area is 101 Å². The van der Waals surface area contributed by atoms with Crippen molar-refractivity contribution in [2.75, 3.05) is 6.54 Å². The first-order valence-corrected chi connectivity index (χ1v) is 5.51. The number of halogens is 1. The Bertz CT molecular complexity index is 398. The summed E-state index contributed by atoms with van der Waals surface area (Å²) < 4.78 is 12.9. The lowest BCUT2D eigenvalue weighted by Crippen LogP contribution is -2.32. The summed E-state index contributed by atoms with van der Waals surface area (Å²) in [6, 6.07) is 4.12. The summed E-state index contributed by atoms with van der Waals surface area (Å²) >= 11 is 3.93. The van der Waals surface area contributed by atoms with Crippen LogP contribution in [0.4, 0.5) is 4.39 Å². The summed E-state index contributed by atoms with van der Waals surface area (Å²) in [6.07, 6.45) is 0. The SMILES string of the molecule is CC(C)(C)CNC(=O)c1ccc(F)c(S)c1. The molecule has 0 spiro atoms. The largest absolute Gasteiger partial charge is 0.352 e. The first-order chi connectivity index (χ1) is 7.29. The van der Waals surface area contributed by atoms with Crippen LogP contribution in [0.15, 0.2) is 23.1 Å². The van der Waals surface area contributed by atoms with Gasteiger partial charge >= 0.3 is 0 Å². The number of carbonyl (C=O) groups excluding carboxylic acids is 1. The Morgan fingerprint density at radius 3 is 2.56 bits per heavy atom. The van der Waals surface area contributed by atoms with Gasteiger partial charge in [0, 0.05) is 17.0 Å². The standard InChI is InChI=1S/C12H16FNOS/c1-12(2,3)7-14-11(15)8-4-5-9(13)10(16)6-8/h4-6,16H,7H2,1-3H3,(H,14,15). The molecule has 1 amide bonds. The smallest absolute Gasteiger partial charge is 0.251 e. The highest BCUT2D eigenvalue weighted by Gasteiger charge is 2.13. The van der Waals surface area contributed by atoms with E-state index < -0.39 is 5.82 Å². The van der Waals surface area contributed by atoms with E-state index in [0.29, 0.717) is 12.1 Å². The van der Waals surface area contributed by atoms with Crippen LogP contribution in [-0.2, 0) is 0 Å². The Balaban J connectivity index is 2.70. The first-order valence-electron chi connectivity index (χ1n) is 5.06. The van der Waals surface area contributed by atoms with E-state index in [1.54, 1.807) is 0 Å². The molecule has 0 atom stereocenters. The zero-order chi connectivity index (χ0) is 12.3. The van der Waals surface area contributed by atoms with Crippen LogP contribution in [0.25, 0.3) is 0 Å². The quantitative estimate of drug-likeness (QED) is 0.766. The summed E-state index contributed by atoms with van der Waals surface area (Å²) in [5.41, 5.74) is 0.454. The third kappa shape index (κ3) is 3.85. The van der Waals surface area contributed by atoms with E-state index in [4.69, 9.17) is 0 Å². The van der Waals surface area contributed by atoms with Gasteiger partial charge in [-0.15, -0.1) is 12.6 Å². The van der Waals surface area contributed by atoms with E-state index in [9.17, 15) is 9.18 Å². The van der Waals surface area contributed by atoms with Gasteiger partial charge in [0.25, 0.3) is 5.91 Å². The molecule has 16 heavy (non-hydrogen) atoms. The molecule has 4 heteroatoms. The summed E-state index contributed by atoms with van der Waals surface area (Å²) in [4.78, 5) is 11.9. The van der Waals surface area contributed by atoms with Crippen molar-refractivity contribution in [1.82, 2.24) is 5.32 Å². The average Bonchev–Trinajstić information content (AvgIpc) is 2.17. The molecule has 0 aromatic heterocycles. The van der Waals surface area contributed by atoms with Crippen LogP contribution in [0.3, 0.4) is 0 Å². The summed E-state index contributed by atoms with van der Waals surface area (Å²) in [7, 11) is 0. The maximum Gasteiger partial charge on any atom is 0.251 e. The molecule has 0 bridgehead atoms. The maximum absolute atomic E-state index is 12.9. The molecule has 0 saturated carbocycles. The number of rotatable bonds is 2. The van der Waals surface area contributed by atoms with Gasteiger partial charge in [-0.1, -0.05) is 20.8 Å². The molecule has 2 nitrogen and oxygen atoms in total. The molecule has 88 valence electrons. The van der Waals surface area contributed by atoms with Crippen molar-refractivity contribution in [2.24, 2.45) is 5.41 Å². The number of benzene rings is 1. The van der Waals surface area contributed by atoms with Crippen LogP contribution >= 0.6 is 12.6 Å². The van der Waals surface area contributed by atoms with Crippen molar-refractivity contribution in [3.63, 3.8) is 0 Å². The van der Waals surface area contributed by atoms with Gasteiger partial charge in [-0.25, -0.2) is 4.39 Å². The van der Waals surface area contributed by atoms with Gasteiger partial charge in [-0.05, 0) is 23.6 Å². The predicted molar refractivity (Wildman–Crippen MR) is 65.4 cm³/mol. The van der Waals surface area contributed by atoms with E-state index in [0.717, 1.165) is 0 Å². The van der Waals surface area contributed by atoms with Gasteiger partial charge in [0.1, 0.15) is 5.82 Å². The van der Waals surface area contributed by atoms with Crippen LogP contribution in [0.2, 0.25) is 0 Å². The van der Waals surface area contributed by atoms with Crippen molar-refractivity contribution >= 4 is 18.5 Å². The van der Waals surface area contributed by atoms with Crippen molar-refractivity contribution in [1.29, 1.82) is 0 Å². The van der Waals surface area contributed by atoms with Crippen molar-refractivity contribution in [3.05, 3.63) is 29.6 Å². The molecule has 1 aromatic carbocycles.